The smallest absolute Gasteiger partial charge is 0.236 e. The fourth-order valence-corrected chi connectivity index (χ4v) is 3.64. The molecule has 1 aromatic carbocycles. The molecular weight excluding hydrogens is 342 g/mol. The lowest BCUT2D eigenvalue weighted by Crippen LogP contribution is -2.42. The van der Waals surface area contributed by atoms with Crippen molar-refractivity contribution in [1.82, 2.24) is 24.6 Å². The van der Waals surface area contributed by atoms with Crippen LogP contribution in [0, 0.1) is 0 Å². The van der Waals surface area contributed by atoms with Crippen molar-refractivity contribution in [3.8, 4) is 5.75 Å². The Kier molecular flexibility index (Phi) is 6.45. The minimum atomic E-state index is 0.142. The highest BCUT2D eigenvalue weighted by molar-refractivity contribution is 5.78. The van der Waals surface area contributed by atoms with Crippen LogP contribution in [0.3, 0.4) is 0 Å². The summed E-state index contributed by atoms with van der Waals surface area (Å²) in [5, 5.41) is 8.36. The molecule has 0 spiro atoms. The summed E-state index contributed by atoms with van der Waals surface area (Å²) in [6.45, 7) is 5.85. The molecule has 2 aromatic rings. The number of carbonyl (C=O) groups excluding carboxylic acids is 1. The van der Waals surface area contributed by atoms with E-state index in [0.717, 1.165) is 49.6 Å². The van der Waals surface area contributed by atoms with Gasteiger partial charge in [-0.2, -0.15) is 0 Å². The summed E-state index contributed by atoms with van der Waals surface area (Å²) in [6.07, 6.45) is 3.98. The van der Waals surface area contributed by atoms with Gasteiger partial charge in [0.25, 0.3) is 0 Å². The lowest BCUT2D eigenvalue weighted by Gasteiger charge is -2.32. The number of amides is 1. The first kappa shape index (κ1) is 19.4. The predicted molar refractivity (Wildman–Crippen MR) is 104 cm³/mol. The van der Waals surface area contributed by atoms with Crippen LogP contribution in [-0.2, 0) is 17.9 Å². The maximum Gasteiger partial charge on any atom is 0.236 e. The van der Waals surface area contributed by atoms with Gasteiger partial charge in [0.1, 0.15) is 17.9 Å². The molecule has 1 saturated heterocycles. The number of hydrogen-bond donors (Lipinski definition) is 0. The molecule has 1 unspecified atom stereocenters. The summed E-state index contributed by atoms with van der Waals surface area (Å²) in [5.74, 6) is 2.36. The Morgan fingerprint density at radius 1 is 1.33 bits per heavy atom. The average Bonchev–Trinajstić information content (AvgIpc) is 3.17. The minimum absolute atomic E-state index is 0.142. The SMILES string of the molecule is CCn1cnnc1C1CCCN(CC(=O)N(C)Cc2ccc(OC)cc2)C1. The Hall–Kier alpha value is -2.41. The summed E-state index contributed by atoms with van der Waals surface area (Å²) in [5.41, 5.74) is 1.10. The van der Waals surface area contributed by atoms with Gasteiger partial charge >= 0.3 is 0 Å². The summed E-state index contributed by atoms with van der Waals surface area (Å²) >= 11 is 0. The Bertz CT molecular complexity index is 743. The molecule has 3 rings (SSSR count). The number of ether oxygens (including phenoxy) is 1. The van der Waals surface area contributed by atoms with Crippen LogP contribution in [0.15, 0.2) is 30.6 Å². The molecule has 0 N–H and O–H groups in total. The van der Waals surface area contributed by atoms with Crippen LogP contribution in [0.2, 0.25) is 0 Å². The molecule has 1 atom stereocenters. The van der Waals surface area contributed by atoms with Crippen LogP contribution in [-0.4, -0.2) is 64.3 Å². The third-order valence-corrected chi connectivity index (χ3v) is 5.22. The van der Waals surface area contributed by atoms with Crippen molar-refractivity contribution in [2.75, 3.05) is 33.8 Å². The zero-order chi connectivity index (χ0) is 19.2. The number of aryl methyl sites for hydroxylation is 1. The zero-order valence-corrected chi connectivity index (χ0v) is 16.5. The maximum atomic E-state index is 12.7. The molecule has 2 heterocycles. The molecule has 27 heavy (non-hydrogen) atoms. The van der Waals surface area contributed by atoms with Crippen LogP contribution < -0.4 is 4.74 Å². The van der Waals surface area contributed by atoms with Gasteiger partial charge in [-0.05, 0) is 44.0 Å². The van der Waals surface area contributed by atoms with Gasteiger partial charge in [-0.25, -0.2) is 0 Å². The number of carbonyl (C=O) groups is 1. The summed E-state index contributed by atoms with van der Waals surface area (Å²) < 4.78 is 7.28. The maximum absolute atomic E-state index is 12.7. The number of rotatable bonds is 7. The highest BCUT2D eigenvalue weighted by Crippen LogP contribution is 2.25. The zero-order valence-electron chi connectivity index (χ0n) is 16.5. The molecule has 1 fully saturated rings. The molecule has 0 radical (unpaired) electrons. The second-order valence-electron chi connectivity index (χ2n) is 7.15. The van der Waals surface area contributed by atoms with Crippen molar-refractivity contribution in [2.24, 2.45) is 0 Å². The van der Waals surface area contributed by atoms with Crippen LogP contribution in [0.25, 0.3) is 0 Å². The lowest BCUT2D eigenvalue weighted by molar-refractivity contribution is -0.132. The number of nitrogens with zero attached hydrogens (tertiary/aromatic N) is 5. The van der Waals surface area contributed by atoms with Gasteiger partial charge in [0.15, 0.2) is 0 Å². The third-order valence-electron chi connectivity index (χ3n) is 5.22. The Morgan fingerprint density at radius 3 is 2.81 bits per heavy atom. The van der Waals surface area contributed by atoms with Crippen molar-refractivity contribution in [2.45, 2.75) is 38.8 Å². The van der Waals surface area contributed by atoms with E-state index in [0.29, 0.717) is 19.0 Å². The van der Waals surface area contributed by atoms with Crippen LogP contribution in [0.4, 0.5) is 0 Å². The molecule has 7 nitrogen and oxygen atoms in total. The van der Waals surface area contributed by atoms with Gasteiger partial charge in [0, 0.05) is 32.6 Å². The average molecular weight is 371 g/mol. The Labute approximate surface area is 160 Å². The second kappa shape index (κ2) is 8.99. The van der Waals surface area contributed by atoms with E-state index in [9.17, 15) is 4.79 Å². The molecular formula is C20H29N5O2. The first-order valence-corrected chi connectivity index (χ1v) is 9.57. The number of likely N-dealkylation sites (N-methyl/N-ethyl adjacent to an activating group) is 1. The first-order chi connectivity index (χ1) is 13.1. The standard InChI is InChI=1S/C20H29N5O2/c1-4-25-15-21-22-20(25)17-6-5-11-24(13-17)14-19(26)23(2)12-16-7-9-18(27-3)10-8-16/h7-10,15,17H,4-6,11-14H2,1-3H3. The normalized spacial score (nSPS) is 17.7. The van der Waals surface area contributed by atoms with Crippen LogP contribution in [0.5, 0.6) is 5.75 Å². The monoisotopic (exact) mass is 371 g/mol. The van der Waals surface area contributed by atoms with E-state index < -0.39 is 0 Å². The van der Waals surface area contributed by atoms with E-state index in [2.05, 4.69) is 26.6 Å². The van der Waals surface area contributed by atoms with E-state index in [1.165, 1.54) is 0 Å². The minimum Gasteiger partial charge on any atom is -0.497 e. The molecule has 7 heteroatoms. The van der Waals surface area contributed by atoms with Crippen LogP contribution >= 0.6 is 0 Å². The summed E-state index contributed by atoms with van der Waals surface area (Å²) in [6, 6.07) is 7.84. The van der Waals surface area contributed by atoms with Gasteiger partial charge in [-0.1, -0.05) is 12.1 Å². The van der Waals surface area contributed by atoms with E-state index >= 15 is 0 Å². The van der Waals surface area contributed by atoms with Crippen molar-refractivity contribution < 1.29 is 9.53 Å². The first-order valence-electron chi connectivity index (χ1n) is 9.57. The van der Waals surface area contributed by atoms with Crippen molar-refractivity contribution in [3.63, 3.8) is 0 Å². The van der Waals surface area contributed by atoms with Crippen molar-refractivity contribution in [1.29, 1.82) is 0 Å². The number of benzene rings is 1. The van der Waals surface area contributed by atoms with Gasteiger partial charge in [-0.3, -0.25) is 9.69 Å². The lowest BCUT2D eigenvalue weighted by atomic mass is 9.97. The van der Waals surface area contributed by atoms with Crippen molar-refractivity contribution in [3.05, 3.63) is 42.0 Å². The number of methoxy groups -OCH3 is 1. The predicted octanol–water partition coefficient (Wildman–Crippen LogP) is 2.14. The third kappa shape index (κ3) is 4.86. The molecule has 1 aliphatic rings. The molecule has 1 aliphatic heterocycles. The number of likely N-dealkylation sites (tertiary alicyclic amines) is 1. The van der Waals surface area contributed by atoms with Crippen molar-refractivity contribution >= 4 is 5.91 Å². The second-order valence-corrected chi connectivity index (χ2v) is 7.15. The van der Waals surface area contributed by atoms with E-state index in [1.54, 1.807) is 18.3 Å². The van der Waals surface area contributed by atoms with Gasteiger partial charge in [0.05, 0.1) is 13.7 Å². The van der Waals surface area contributed by atoms with Gasteiger partial charge in [-0.15, -0.1) is 10.2 Å². The highest BCUT2D eigenvalue weighted by Gasteiger charge is 2.26. The fourth-order valence-electron chi connectivity index (χ4n) is 3.64. The Morgan fingerprint density at radius 2 is 2.11 bits per heavy atom. The highest BCUT2D eigenvalue weighted by atomic mass is 16.5. The quantitative estimate of drug-likeness (QED) is 0.746. The number of piperidine rings is 1. The van der Waals surface area contributed by atoms with E-state index in [-0.39, 0.29) is 5.91 Å². The summed E-state index contributed by atoms with van der Waals surface area (Å²) in [4.78, 5) is 16.7. The van der Waals surface area contributed by atoms with E-state index in [1.807, 2.05) is 31.3 Å². The van der Waals surface area contributed by atoms with Crippen LogP contribution in [0.1, 0.15) is 37.1 Å². The topological polar surface area (TPSA) is 63.5 Å². The Balaban J connectivity index is 1.54. The summed E-state index contributed by atoms with van der Waals surface area (Å²) in [7, 11) is 3.52. The molecule has 0 aliphatic carbocycles. The fraction of sp³-hybridized carbons (Fsp3) is 0.550. The number of hydrogen-bond acceptors (Lipinski definition) is 5. The molecule has 0 bridgehead atoms. The van der Waals surface area contributed by atoms with Gasteiger partial charge < -0.3 is 14.2 Å². The van der Waals surface area contributed by atoms with E-state index in [4.69, 9.17) is 4.74 Å². The number of aromatic nitrogens is 3. The molecule has 1 aromatic heterocycles. The molecule has 1 amide bonds. The van der Waals surface area contributed by atoms with Gasteiger partial charge in [0.2, 0.25) is 5.91 Å². The largest absolute Gasteiger partial charge is 0.497 e. The molecule has 146 valence electrons. The molecule has 0 saturated carbocycles.